The van der Waals surface area contributed by atoms with E-state index in [1.165, 1.54) is 29.2 Å². The van der Waals surface area contributed by atoms with Crippen LogP contribution in [0, 0.1) is 0 Å². The Morgan fingerprint density at radius 2 is 1.44 bits per heavy atom. The monoisotopic (exact) mass is 671 g/mol. The quantitative estimate of drug-likeness (QED) is 0.0718. The minimum Gasteiger partial charge on any atom is -0.491 e. The van der Waals surface area contributed by atoms with Crippen molar-refractivity contribution >= 4 is 23.5 Å². The van der Waals surface area contributed by atoms with Gasteiger partial charge in [-0.25, -0.2) is 4.79 Å². The molecule has 0 aliphatic carbocycles. The van der Waals surface area contributed by atoms with Crippen LogP contribution in [-0.4, -0.2) is 51.1 Å². The van der Waals surface area contributed by atoms with E-state index in [1.54, 1.807) is 25.1 Å². The van der Waals surface area contributed by atoms with E-state index in [0.29, 0.717) is 48.6 Å². The number of alkyl halides is 3. The van der Waals surface area contributed by atoms with Gasteiger partial charge in [-0.2, -0.15) is 0 Å². The molecule has 0 aromatic heterocycles. The van der Waals surface area contributed by atoms with E-state index < -0.39 is 18.2 Å². The number of rotatable bonds is 19. The number of hydrogen-bond donors (Lipinski definition) is 0. The molecule has 0 aliphatic heterocycles. The molecule has 8 nitrogen and oxygen atoms in total. The van der Waals surface area contributed by atoms with Crippen LogP contribution in [0.3, 0.4) is 0 Å². The summed E-state index contributed by atoms with van der Waals surface area (Å²) < 4.78 is 57.9. The van der Waals surface area contributed by atoms with Gasteiger partial charge < -0.3 is 18.9 Å². The zero-order valence-corrected chi connectivity index (χ0v) is 27.6. The van der Waals surface area contributed by atoms with Crippen molar-refractivity contribution in [3.8, 4) is 22.6 Å². The van der Waals surface area contributed by atoms with Crippen LogP contribution in [0.5, 0.6) is 11.5 Å². The van der Waals surface area contributed by atoms with Crippen molar-refractivity contribution in [1.82, 2.24) is 0 Å². The van der Waals surface area contributed by atoms with Crippen LogP contribution in [0.2, 0.25) is 0 Å². The highest BCUT2D eigenvalue weighted by Gasteiger charge is 2.31. The van der Waals surface area contributed by atoms with Crippen LogP contribution in [0.15, 0.2) is 72.8 Å². The Morgan fingerprint density at radius 3 is 2.10 bits per heavy atom. The molecular formula is C37H44F3NO7. The summed E-state index contributed by atoms with van der Waals surface area (Å²) in [6, 6.07) is 20.5. The lowest BCUT2D eigenvalue weighted by Gasteiger charge is -2.25. The molecule has 0 fully saturated rings. The van der Waals surface area contributed by atoms with E-state index in [1.807, 2.05) is 30.3 Å². The highest BCUT2D eigenvalue weighted by Crippen LogP contribution is 2.35. The van der Waals surface area contributed by atoms with Gasteiger partial charge in [0, 0.05) is 13.0 Å². The molecule has 3 rings (SSSR count). The van der Waals surface area contributed by atoms with Crippen LogP contribution in [0.4, 0.5) is 18.9 Å². The molecule has 0 aliphatic rings. The number of aryl methyl sites for hydroxylation is 1. The summed E-state index contributed by atoms with van der Waals surface area (Å²) in [5, 5.41) is 0. The summed E-state index contributed by atoms with van der Waals surface area (Å²) in [5.74, 6) is -2.00. The number of anilines is 1. The molecule has 1 amide bonds. The Labute approximate surface area is 280 Å². The van der Waals surface area contributed by atoms with Gasteiger partial charge in [0.25, 0.3) is 0 Å². The Bertz CT molecular complexity index is 1430. The zero-order chi connectivity index (χ0) is 34.8. The summed E-state index contributed by atoms with van der Waals surface area (Å²) in [6.45, 7) is 2.76. The number of halogens is 3. The molecule has 11 heteroatoms. The van der Waals surface area contributed by atoms with E-state index in [9.17, 15) is 27.6 Å². The summed E-state index contributed by atoms with van der Waals surface area (Å²) in [4.78, 5) is 38.7. The first-order valence-electron chi connectivity index (χ1n) is 16.3. The molecule has 0 saturated carbocycles. The van der Waals surface area contributed by atoms with E-state index in [0.717, 1.165) is 64.0 Å². The summed E-state index contributed by atoms with van der Waals surface area (Å²) in [5.41, 5.74) is 2.70. The normalized spacial score (nSPS) is 11.1. The van der Waals surface area contributed by atoms with Gasteiger partial charge in [0.2, 0.25) is 0 Å². The first kappa shape index (κ1) is 37.9. The molecule has 48 heavy (non-hydrogen) atoms. The molecule has 0 saturated heterocycles. The molecule has 0 radical (unpaired) electrons. The predicted molar refractivity (Wildman–Crippen MR) is 177 cm³/mol. The molecule has 0 heterocycles. The number of ether oxygens (including phenoxy) is 4. The third-order valence-corrected chi connectivity index (χ3v) is 7.55. The van der Waals surface area contributed by atoms with Crippen molar-refractivity contribution in [2.24, 2.45) is 0 Å². The van der Waals surface area contributed by atoms with Crippen molar-refractivity contribution < 1.29 is 46.5 Å². The number of carbonyl (C=O) groups is 3. The van der Waals surface area contributed by atoms with E-state index in [4.69, 9.17) is 14.2 Å². The number of carbonyl (C=O) groups excluding carboxylic acids is 3. The van der Waals surface area contributed by atoms with Crippen molar-refractivity contribution in [2.75, 3.05) is 31.8 Å². The van der Waals surface area contributed by atoms with Gasteiger partial charge in [-0.3, -0.25) is 14.5 Å². The fraction of sp³-hybridized carbons (Fsp3) is 0.432. The van der Waals surface area contributed by atoms with Gasteiger partial charge in [0.15, 0.2) is 0 Å². The number of esters is 2. The number of unbranched alkanes of at least 4 members (excludes halogenated alkanes) is 6. The van der Waals surface area contributed by atoms with E-state index >= 15 is 0 Å². The third kappa shape index (κ3) is 13.3. The number of amides is 1. The molecule has 0 N–H and O–H groups in total. The molecular weight excluding hydrogens is 627 g/mol. The smallest absolute Gasteiger partial charge is 0.491 e. The van der Waals surface area contributed by atoms with Crippen LogP contribution in [0.1, 0.15) is 70.3 Å². The third-order valence-electron chi connectivity index (χ3n) is 7.55. The van der Waals surface area contributed by atoms with Crippen molar-refractivity contribution in [2.45, 2.75) is 77.5 Å². The average molecular weight is 672 g/mol. The Kier molecular flexibility index (Phi) is 15.8. The first-order chi connectivity index (χ1) is 23.1. The lowest BCUT2D eigenvalue weighted by atomic mass is 10.0. The van der Waals surface area contributed by atoms with Crippen molar-refractivity contribution in [3.05, 3.63) is 78.4 Å². The fourth-order valence-corrected chi connectivity index (χ4v) is 5.15. The van der Waals surface area contributed by atoms with Gasteiger partial charge in [-0.1, -0.05) is 74.2 Å². The fourth-order valence-electron chi connectivity index (χ4n) is 5.15. The number of hydrogen-bond acceptors (Lipinski definition) is 7. The van der Waals surface area contributed by atoms with E-state index in [2.05, 4.69) is 4.74 Å². The SMILES string of the molecule is CCOC(=O)CCCCCCCCOc1ccc(-c2ccc(OC(F)(F)F)cc2)cc1N(CCCCc1ccccc1)C(=O)C(=O)OC. The Morgan fingerprint density at radius 1 is 0.771 bits per heavy atom. The van der Waals surface area contributed by atoms with E-state index in [-0.39, 0.29) is 18.3 Å². The predicted octanol–water partition coefficient (Wildman–Crippen LogP) is 8.45. The standard InChI is InChI=1S/C37H44F3NO7/c1-3-46-34(42)18-11-6-4-5-7-14-26-47-33-24-21-30(29-19-22-31(23-20-29)48-37(38,39)40)27-32(33)41(35(43)36(44)45-2)25-13-12-17-28-15-9-8-10-16-28/h8-10,15-16,19-24,27H,3-7,11-14,17-18,25-26H2,1-2H3. The van der Waals surface area contributed by atoms with Crippen molar-refractivity contribution in [1.29, 1.82) is 0 Å². The molecule has 0 bridgehead atoms. The lowest BCUT2D eigenvalue weighted by Crippen LogP contribution is -2.38. The molecule has 0 spiro atoms. The molecule has 3 aromatic carbocycles. The number of benzene rings is 3. The topological polar surface area (TPSA) is 91.4 Å². The maximum absolute atomic E-state index is 13.3. The minimum absolute atomic E-state index is 0.170. The maximum Gasteiger partial charge on any atom is 0.573 e. The van der Waals surface area contributed by atoms with Crippen LogP contribution < -0.4 is 14.4 Å². The molecule has 260 valence electrons. The van der Waals surface area contributed by atoms with Gasteiger partial charge in [-0.05, 0) is 80.0 Å². The van der Waals surface area contributed by atoms with Gasteiger partial charge in [0.05, 0.1) is 26.0 Å². The number of methoxy groups -OCH3 is 1. The van der Waals surface area contributed by atoms with Crippen LogP contribution >= 0.6 is 0 Å². The second-order valence-corrected chi connectivity index (χ2v) is 11.2. The summed E-state index contributed by atoms with van der Waals surface area (Å²) in [6.07, 6.45) is 3.08. The molecule has 0 atom stereocenters. The van der Waals surface area contributed by atoms with Gasteiger partial charge in [-0.15, -0.1) is 13.2 Å². The second-order valence-electron chi connectivity index (χ2n) is 11.2. The molecule has 3 aromatic rings. The number of nitrogens with zero attached hydrogens (tertiary/aromatic N) is 1. The first-order valence-corrected chi connectivity index (χ1v) is 16.3. The van der Waals surface area contributed by atoms with Crippen LogP contribution in [0.25, 0.3) is 11.1 Å². The zero-order valence-electron chi connectivity index (χ0n) is 27.6. The Balaban J connectivity index is 1.75. The highest BCUT2D eigenvalue weighted by atomic mass is 19.4. The van der Waals surface area contributed by atoms with Gasteiger partial charge >= 0.3 is 24.2 Å². The Hall–Kier alpha value is -4.54. The van der Waals surface area contributed by atoms with Crippen LogP contribution in [-0.2, 0) is 30.3 Å². The largest absolute Gasteiger partial charge is 0.573 e. The summed E-state index contributed by atoms with van der Waals surface area (Å²) >= 11 is 0. The van der Waals surface area contributed by atoms with Gasteiger partial charge in [0.1, 0.15) is 11.5 Å². The lowest BCUT2D eigenvalue weighted by molar-refractivity contribution is -0.274. The van der Waals surface area contributed by atoms with Crippen molar-refractivity contribution in [3.63, 3.8) is 0 Å². The average Bonchev–Trinajstić information content (AvgIpc) is 3.07. The minimum atomic E-state index is -4.81. The highest BCUT2D eigenvalue weighted by molar-refractivity contribution is 6.38. The summed E-state index contributed by atoms with van der Waals surface area (Å²) in [7, 11) is 1.14. The maximum atomic E-state index is 13.3. The molecule has 0 unspecified atom stereocenters. The second kappa shape index (κ2) is 20.0.